The predicted octanol–water partition coefficient (Wildman–Crippen LogP) is 0.419. The molecule has 3 nitrogen and oxygen atoms in total. The van der Waals surface area contributed by atoms with Gasteiger partial charge in [0.2, 0.25) is 0 Å². The topological polar surface area (TPSA) is 47.3 Å². The second kappa shape index (κ2) is 5.34. The summed E-state index contributed by atoms with van der Waals surface area (Å²) in [6.45, 7) is -0.654. The van der Waals surface area contributed by atoms with Crippen LogP contribution in [0.25, 0.3) is 0 Å². The van der Waals surface area contributed by atoms with Crippen LogP contribution >= 0.6 is 0 Å². The molecule has 0 aromatic rings. The molecule has 0 aliphatic rings. The van der Waals surface area contributed by atoms with Crippen molar-refractivity contribution in [3.63, 3.8) is 0 Å². The largest absolute Gasteiger partial charge is 0.411 e. The summed E-state index contributed by atoms with van der Waals surface area (Å²) in [7, 11) is 0. The standard InChI is InChI=1S/C5H11F3N2O/c6-5(7,8)4-11-3-1-2-10-9/h10H,1-4,9H2. The van der Waals surface area contributed by atoms with E-state index in [1.54, 1.807) is 0 Å². The molecule has 0 fully saturated rings. The monoisotopic (exact) mass is 172 g/mol. The Balaban J connectivity index is 3.02. The summed E-state index contributed by atoms with van der Waals surface area (Å²) in [4.78, 5) is 0. The van der Waals surface area contributed by atoms with Crippen molar-refractivity contribution in [3.8, 4) is 0 Å². The highest BCUT2D eigenvalue weighted by Crippen LogP contribution is 2.14. The Morgan fingerprint density at radius 3 is 2.45 bits per heavy atom. The van der Waals surface area contributed by atoms with Gasteiger partial charge in [0.15, 0.2) is 0 Å². The Hall–Kier alpha value is -0.330. The molecule has 0 atom stereocenters. The minimum atomic E-state index is -4.23. The molecule has 0 amide bonds. The minimum Gasteiger partial charge on any atom is -0.372 e. The second-order valence-electron chi connectivity index (χ2n) is 1.98. The second-order valence-corrected chi connectivity index (χ2v) is 1.98. The van der Waals surface area contributed by atoms with Gasteiger partial charge in [0.1, 0.15) is 6.61 Å². The van der Waals surface area contributed by atoms with Crippen molar-refractivity contribution in [2.75, 3.05) is 19.8 Å². The lowest BCUT2D eigenvalue weighted by molar-refractivity contribution is -0.173. The maximum Gasteiger partial charge on any atom is 0.411 e. The summed E-state index contributed by atoms with van der Waals surface area (Å²) in [5, 5.41) is 0. The number of alkyl halides is 3. The van der Waals surface area contributed by atoms with Gasteiger partial charge in [-0.05, 0) is 6.42 Å². The van der Waals surface area contributed by atoms with Crippen molar-refractivity contribution < 1.29 is 17.9 Å². The van der Waals surface area contributed by atoms with Gasteiger partial charge in [0.25, 0.3) is 0 Å². The van der Waals surface area contributed by atoms with E-state index in [9.17, 15) is 13.2 Å². The van der Waals surface area contributed by atoms with Crippen molar-refractivity contribution in [1.82, 2.24) is 5.43 Å². The van der Waals surface area contributed by atoms with E-state index in [4.69, 9.17) is 5.84 Å². The molecule has 0 aliphatic heterocycles. The molecule has 3 N–H and O–H groups in total. The molecule has 11 heavy (non-hydrogen) atoms. The Morgan fingerprint density at radius 1 is 1.36 bits per heavy atom. The Kier molecular flexibility index (Phi) is 5.18. The molecule has 0 aromatic carbocycles. The van der Waals surface area contributed by atoms with Gasteiger partial charge in [0, 0.05) is 13.2 Å². The highest BCUT2D eigenvalue weighted by atomic mass is 19.4. The van der Waals surface area contributed by atoms with Gasteiger partial charge in [-0.3, -0.25) is 11.3 Å². The van der Waals surface area contributed by atoms with Crippen LogP contribution in [0, 0.1) is 0 Å². The summed E-state index contributed by atoms with van der Waals surface area (Å²) < 4.78 is 38.5. The number of rotatable bonds is 5. The highest BCUT2D eigenvalue weighted by molar-refractivity contribution is 4.46. The maximum absolute atomic E-state index is 11.4. The first-order chi connectivity index (χ1) is 5.06. The average molecular weight is 172 g/mol. The van der Waals surface area contributed by atoms with Crippen molar-refractivity contribution in [3.05, 3.63) is 0 Å². The number of nitrogens with one attached hydrogen (secondary N) is 1. The molecular weight excluding hydrogens is 161 g/mol. The lowest BCUT2D eigenvalue weighted by Gasteiger charge is -2.06. The first kappa shape index (κ1) is 10.7. The predicted molar refractivity (Wildman–Crippen MR) is 33.7 cm³/mol. The third-order valence-corrected chi connectivity index (χ3v) is 0.876. The number of hydrazine groups is 1. The summed E-state index contributed by atoms with van der Waals surface area (Å²) in [5.41, 5.74) is 2.30. The number of nitrogens with two attached hydrogens (primary N) is 1. The first-order valence-electron chi connectivity index (χ1n) is 3.14. The van der Waals surface area contributed by atoms with E-state index in [0.717, 1.165) is 0 Å². The zero-order chi connectivity index (χ0) is 8.74. The molecular formula is C5H11F3N2O. The van der Waals surface area contributed by atoms with Crippen LogP contribution in [0.15, 0.2) is 0 Å². The van der Waals surface area contributed by atoms with E-state index in [2.05, 4.69) is 10.2 Å². The first-order valence-corrected chi connectivity index (χ1v) is 3.14. The third-order valence-electron chi connectivity index (χ3n) is 0.876. The molecule has 0 spiro atoms. The summed E-state index contributed by atoms with van der Waals surface area (Å²) in [5.74, 6) is 4.87. The molecule has 0 heterocycles. The molecule has 0 saturated carbocycles. The average Bonchev–Trinajstić information content (AvgIpc) is 1.85. The van der Waals surface area contributed by atoms with Crippen LogP contribution in [0.2, 0.25) is 0 Å². The molecule has 0 bridgehead atoms. The number of ether oxygens (including phenoxy) is 1. The summed E-state index contributed by atoms with van der Waals surface area (Å²) in [6.07, 6.45) is -3.75. The lowest BCUT2D eigenvalue weighted by atomic mass is 10.5. The van der Waals surface area contributed by atoms with Crippen LogP contribution in [0.4, 0.5) is 13.2 Å². The molecule has 0 unspecified atom stereocenters. The van der Waals surface area contributed by atoms with Crippen molar-refractivity contribution in [2.24, 2.45) is 5.84 Å². The van der Waals surface area contributed by atoms with E-state index in [1.807, 2.05) is 0 Å². The maximum atomic E-state index is 11.4. The van der Waals surface area contributed by atoms with E-state index in [-0.39, 0.29) is 6.61 Å². The van der Waals surface area contributed by atoms with Gasteiger partial charge in [-0.25, -0.2) is 0 Å². The van der Waals surface area contributed by atoms with Gasteiger partial charge in [-0.2, -0.15) is 13.2 Å². The SMILES string of the molecule is NNCCCOCC(F)(F)F. The zero-order valence-electron chi connectivity index (χ0n) is 5.95. The van der Waals surface area contributed by atoms with Gasteiger partial charge < -0.3 is 4.74 Å². The van der Waals surface area contributed by atoms with Crippen LogP contribution in [-0.2, 0) is 4.74 Å². The fraction of sp³-hybridized carbons (Fsp3) is 1.00. The van der Waals surface area contributed by atoms with Crippen molar-refractivity contribution >= 4 is 0 Å². The molecule has 0 radical (unpaired) electrons. The number of hydrogen-bond acceptors (Lipinski definition) is 3. The summed E-state index contributed by atoms with van der Waals surface area (Å²) >= 11 is 0. The lowest BCUT2D eigenvalue weighted by Crippen LogP contribution is -2.25. The fourth-order valence-corrected chi connectivity index (χ4v) is 0.464. The van der Waals surface area contributed by atoms with Crippen LogP contribution in [-0.4, -0.2) is 25.9 Å². The van der Waals surface area contributed by atoms with Crippen LogP contribution < -0.4 is 11.3 Å². The Morgan fingerprint density at radius 2 is 2.00 bits per heavy atom. The van der Waals surface area contributed by atoms with Gasteiger partial charge in [0.05, 0.1) is 0 Å². The number of hydrogen-bond donors (Lipinski definition) is 2. The molecule has 6 heteroatoms. The fourth-order valence-electron chi connectivity index (χ4n) is 0.464. The van der Waals surface area contributed by atoms with Crippen molar-refractivity contribution in [2.45, 2.75) is 12.6 Å². The Bertz CT molecular complexity index is 96.2. The van der Waals surface area contributed by atoms with E-state index >= 15 is 0 Å². The highest BCUT2D eigenvalue weighted by Gasteiger charge is 2.26. The van der Waals surface area contributed by atoms with E-state index < -0.39 is 12.8 Å². The minimum absolute atomic E-state index is 0.0731. The van der Waals surface area contributed by atoms with Gasteiger partial charge in [-0.1, -0.05) is 0 Å². The van der Waals surface area contributed by atoms with Crippen LogP contribution in [0.5, 0.6) is 0 Å². The molecule has 0 aromatic heterocycles. The smallest absolute Gasteiger partial charge is 0.372 e. The number of halogens is 3. The van der Waals surface area contributed by atoms with E-state index in [0.29, 0.717) is 13.0 Å². The normalized spacial score (nSPS) is 12.0. The van der Waals surface area contributed by atoms with Crippen LogP contribution in [0.1, 0.15) is 6.42 Å². The van der Waals surface area contributed by atoms with Crippen LogP contribution in [0.3, 0.4) is 0 Å². The molecule has 0 saturated heterocycles. The van der Waals surface area contributed by atoms with E-state index in [1.165, 1.54) is 0 Å². The summed E-state index contributed by atoms with van der Waals surface area (Å²) in [6, 6.07) is 0. The Labute approximate surface area is 62.7 Å². The third kappa shape index (κ3) is 9.67. The molecule has 68 valence electrons. The van der Waals surface area contributed by atoms with Gasteiger partial charge >= 0.3 is 6.18 Å². The zero-order valence-corrected chi connectivity index (χ0v) is 5.95. The molecule has 0 rings (SSSR count). The molecule has 0 aliphatic carbocycles. The van der Waals surface area contributed by atoms with Crippen molar-refractivity contribution in [1.29, 1.82) is 0 Å². The van der Waals surface area contributed by atoms with Gasteiger partial charge in [-0.15, -0.1) is 0 Å². The quantitative estimate of drug-likeness (QED) is 0.359.